The van der Waals surface area contributed by atoms with Crippen LogP contribution in [0.4, 0.5) is 4.39 Å². The Morgan fingerprint density at radius 2 is 2.24 bits per heavy atom. The number of aliphatic hydroxyl groups excluding tert-OH is 1. The highest BCUT2D eigenvalue weighted by Crippen LogP contribution is 2.18. The number of likely N-dealkylation sites (N-methyl/N-ethyl adjacent to an activating group) is 1. The molecule has 0 aromatic heterocycles. The van der Waals surface area contributed by atoms with Gasteiger partial charge in [-0.25, -0.2) is 4.39 Å². The molecule has 1 aromatic carbocycles. The number of halogens is 1. The molecule has 94 valence electrons. The van der Waals surface area contributed by atoms with Crippen LogP contribution in [0.15, 0.2) is 18.2 Å². The van der Waals surface area contributed by atoms with Crippen molar-refractivity contribution in [2.75, 3.05) is 20.7 Å². The van der Waals surface area contributed by atoms with E-state index in [1.165, 1.54) is 24.1 Å². The first-order valence-corrected chi connectivity index (χ1v) is 5.22. The molecule has 0 aliphatic rings. The SMILES string of the molecule is COc1ccc(C(=O)N(C)CC(C)O)cc1F. The van der Waals surface area contributed by atoms with Crippen molar-refractivity contribution in [1.29, 1.82) is 0 Å². The summed E-state index contributed by atoms with van der Waals surface area (Å²) in [7, 11) is 2.91. The fourth-order valence-electron chi connectivity index (χ4n) is 1.50. The molecular weight excluding hydrogens is 225 g/mol. The summed E-state index contributed by atoms with van der Waals surface area (Å²) in [4.78, 5) is 13.2. The van der Waals surface area contributed by atoms with Gasteiger partial charge in [0.25, 0.3) is 5.91 Å². The highest BCUT2D eigenvalue weighted by Gasteiger charge is 2.15. The molecule has 0 aliphatic carbocycles. The van der Waals surface area contributed by atoms with Gasteiger partial charge in [-0.2, -0.15) is 0 Å². The monoisotopic (exact) mass is 241 g/mol. The van der Waals surface area contributed by atoms with Crippen LogP contribution >= 0.6 is 0 Å². The van der Waals surface area contributed by atoms with E-state index in [2.05, 4.69) is 0 Å². The number of methoxy groups -OCH3 is 1. The topological polar surface area (TPSA) is 49.8 Å². The van der Waals surface area contributed by atoms with Crippen molar-refractivity contribution in [2.45, 2.75) is 13.0 Å². The minimum atomic E-state index is -0.618. The zero-order valence-electron chi connectivity index (χ0n) is 10.1. The van der Waals surface area contributed by atoms with Gasteiger partial charge < -0.3 is 14.7 Å². The predicted octanol–water partition coefficient (Wildman–Crippen LogP) is 1.29. The number of ether oxygens (including phenoxy) is 1. The van der Waals surface area contributed by atoms with Crippen LogP contribution in [0.2, 0.25) is 0 Å². The Balaban J connectivity index is 2.86. The van der Waals surface area contributed by atoms with Gasteiger partial charge in [0, 0.05) is 19.2 Å². The second kappa shape index (κ2) is 5.63. The Morgan fingerprint density at radius 1 is 1.59 bits per heavy atom. The van der Waals surface area contributed by atoms with Crippen LogP contribution in [-0.2, 0) is 0 Å². The minimum absolute atomic E-state index is 0.0970. The van der Waals surface area contributed by atoms with E-state index in [0.717, 1.165) is 6.07 Å². The van der Waals surface area contributed by atoms with E-state index in [-0.39, 0.29) is 23.8 Å². The molecule has 0 spiro atoms. The van der Waals surface area contributed by atoms with E-state index in [1.807, 2.05) is 0 Å². The van der Waals surface area contributed by atoms with Crippen molar-refractivity contribution in [3.05, 3.63) is 29.6 Å². The van der Waals surface area contributed by atoms with Gasteiger partial charge in [0.1, 0.15) is 0 Å². The Labute approximate surface area is 99.6 Å². The second-order valence-electron chi connectivity index (χ2n) is 3.88. The normalized spacial score (nSPS) is 12.1. The summed E-state index contributed by atoms with van der Waals surface area (Å²) in [6.45, 7) is 1.78. The third-order valence-corrected chi connectivity index (χ3v) is 2.28. The lowest BCUT2D eigenvalue weighted by atomic mass is 10.2. The number of nitrogens with zero attached hydrogens (tertiary/aromatic N) is 1. The smallest absolute Gasteiger partial charge is 0.253 e. The van der Waals surface area contributed by atoms with E-state index in [1.54, 1.807) is 14.0 Å². The lowest BCUT2D eigenvalue weighted by Crippen LogP contribution is -2.33. The Kier molecular flexibility index (Phi) is 4.45. The molecule has 1 N–H and O–H groups in total. The average Bonchev–Trinajstić information content (AvgIpc) is 2.27. The van der Waals surface area contributed by atoms with Crippen LogP contribution in [0.25, 0.3) is 0 Å². The van der Waals surface area contributed by atoms with Crippen LogP contribution in [0.3, 0.4) is 0 Å². The summed E-state index contributed by atoms with van der Waals surface area (Å²) < 4.78 is 18.2. The van der Waals surface area contributed by atoms with E-state index in [4.69, 9.17) is 9.84 Å². The summed E-state index contributed by atoms with van der Waals surface area (Å²) in [5.41, 5.74) is 0.228. The van der Waals surface area contributed by atoms with Crippen LogP contribution < -0.4 is 4.74 Å². The number of amides is 1. The van der Waals surface area contributed by atoms with Gasteiger partial charge in [-0.15, -0.1) is 0 Å². The molecule has 4 nitrogen and oxygen atoms in total. The molecule has 0 saturated heterocycles. The maximum absolute atomic E-state index is 13.4. The van der Waals surface area contributed by atoms with E-state index in [9.17, 15) is 9.18 Å². The minimum Gasteiger partial charge on any atom is -0.494 e. The highest BCUT2D eigenvalue weighted by molar-refractivity contribution is 5.94. The lowest BCUT2D eigenvalue weighted by Gasteiger charge is -2.18. The third-order valence-electron chi connectivity index (χ3n) is 2.28. The second-order valence-corrected chi connectivity index (χ2v) is 3.88. The number of hydrogen-bond acceptors (Lipinski definition) is 3. The van der Waals surface area contributed by atoms with Crippen molar-refractivity contribution in [3.8, 4) is 5.75 Å². The van der Waals surface area contributed by atoms with Crippen molar-refractivity contribution >= 4 is 5.91 Å². The molecule has 17 heavy (non-hydrogen) atoms. The lowest BCUT2D eigenvalue weighted by molar-refractivity contribution is 0.0703. The molecule has 1 amide bonds. The van der Waals surface area contributed by atoms with Gasteiger partial charge in [-0.1, -0.05) is 0 Å². The Bertz CT molecular complexity index is 407. The maximum Gasteiger partial charge on any atom is 0.253 e. The molecule has 0 aliphatic heterocycles. The van der Waals surface area contributed by atoms with Crippen molar-refractivity contribution in [1.82, 2.24) is 4.90 Å². The van der Waals surface area contributed by atoms with E-state index < -0.39 is 11.9 Å². The van der Waals surface area contributed by atoms with Crippen molar-refractivity contribution in [2.24, 2.45) is 0 Å². The molecule has 0 heterocycles. The first kappa shape index (κ1) is 13.4. The summed E-state index contributed by atoms with van der Waals surface area (Å²) >= 11 is 0. The first-order chi connectivity index (χ1) is 7.95. The standard InChI is InChI=1S/C12H16FNO3/c1-8(15)7-14(2)12(16)9-4-5-11(17-3)10(13)6-9/h4-6,8,15H,7H2,1-3H3. The van der Waals surface area contributed by atoms with E-state index >= 15 is 0 Å². The van der Waals surface area contributed by atoms with Gasteiger partial charge in [-0.05, 0) is 25.1 Å². The van der Waals surface area contributed by atoms with E-state index in [0.29, 0.717) is 0 Å². The molecule has 1 aromatic rings. The molecule has 1 unspecified atom stereocenters. The van der Waals surface area contributed by atoms with Gasteiger partial charge in [0.15, 0.2) is 11.6 Å². The molecule has 1 rings (SSSR count). The Hall–Kier alpha value is -1.62. The number of carbonyl (C=O) groups is 1. The van der Waals surface area contributed by atoms with Crippen LogP contribution in [0.5, 0.6) is 5.75 Å². The quantitative estimate of drug-likeness (QED) is 0.864. The molecular formula is C12H16FNO3. The first-order valence-electron chi connectivity index (χ1n) is 5.22. The molecule has 0 saturated carbocycles. The summed E-state index contributed by atoms with van der Waals surface area (Å²) in [5.74, 6) is -0.823. The molecule has 1 atom stereocenters. The molecule has 0 bridgehead atoms. The molecule has 5 heteroatoms. The molecule has 0 fully saturated rings. The van der Waals surface area contributed by atoms with Gasteiger partial charge in [0.2, 0.25) is 0 Å². The fourth-order valence-corrected chi connectivity index (χ4v) is 1.50. The third kappa shape index (κ3) is 3.42. The number of carbonyl (C=O) groups excluding carboxylic acids is 1. The zero-order valence-corrected chi connectivity index (χ0v) is 10.1. The summed E-state index contributed by atoms with van der Waals surface area (Å²) in [5, 5.41) is 9.17. The summed E-state index contributed by atoms with van der Waals surface area (Å²) in [6, 6.07) is 4.02. The summed E-state index contributed by atoms with van der Waals surface area (Å²) in [6.07, 6.45) is -0.618. The predicted molar refractivity (Wildman–Crippen MR) is 61.6 cm³/mol. The number of aliphatic hydroxyl groups is 1. The van der Waals surface area contributed by atoms with Crippen LogP contribution in [-0.4, -0.2) is 42.7 Å². The zero-order chi connectivity index (χ0) is 13.0. The largest absolute Gasteiger partial charge is 0.494 e. The number of rotatable bonds is 4. The van der Waals surface area contributed by atoms with Gasteiger partial charge >= 0.3 is 0 Å². The molecule has 0 radical (unpaired) electrons. The van der Waals surface area contributed by atoms with Crippen LogP contribution in [0.1, 0.15) is 17.3 Å². The maximum atomic E-state index is 13.4. The van der Waals surface area contributed by atoms with Gasteiger partial charge in [0.05, 0.1) is 13.2 Å². The van der Waals surface area contributed by atoms with Gasteiger partial charge in [-0.3, -0.25) is 4.79 Å². The fraction of sp³-hybridized carbons (Fsp3) is 0.417. The number of hydrogen-bond donors (Lipinski definition) is 1. The number of benzene rings is 1. The van der Waals surface area contributed by atoms with Crippen molar-refractivity contribution in [3.63, 3.8) is 0 Å². The highest BCUT2D eigenvalue weighted by atomic mass is 19.1. The van der Waals surface area contributed by atoms with Crippen molar-refractivity contribution < 1.29 is 19.0 Å². The average molecular weight is 241 g/mol. The van der Waals surface area contributed by atoms with Crippen LogP contribution in [0, 0.1) is 5.82 Å². The Morgan fingerprint density at radius 3 is 2.71 bits per heavy atom.